The third kappa shape index (κ3) is 7.00. The molecule has 2 fully saturated rings. The molecule has 2 heterocycles. The zero-order chi connectivity index (χ0) is 25.5. The number of rotatable bonds is 8. The van der Waals surface area contributed by atoms with Crippen LogP contribution in [0.25, 0.3) is 0 Å². The first-order chi connectivity index (χ1) is 18.1. The highest BCUT2D eigenvalue weighted by Crippen LogP contribution is 2.27. The second kappa shape index (κ2) is 12.4. The number of benzene rings is 3. The van der Waals surface area contributed by atoms with Crippen molar-refractivity contribution >= 4 is 11.7 Å². The molecule has 0 unspecified atom stereocenters. The summed E-state index contributed by atoms with van der Waals surface area (Å²) in [5.74, 6) is 0.767. The number of hydrogen-bond donors (Lipinski definition) is 1. The Morgan fingerprint density at radius 2 is 1.24 bits per heavy atom. The molecule has 5 nitrogen and oxygen atoms in total. The number of amides is 2. The molecule has 0 radical (unpaired) electrons. The molecule has 0 spiro atoms. The molecular weight excluding hydrogens is 456 g/mol. The van der Waals surface area contributed by atoms with Crippen LogP contribution in [-0.4, -0.2) is 48.1 Å². The monoisotopic (exact) mass is 496 g/mol. The van der Waals surface area contributed by atoms with Crippen LogP contribution in [0.4, 0.5) is 10.5 Å². The molecule has 3 aromatic carbocycles. The second-order valence-corrected chi connectivity index (χ2v) is 10.8. The molecule has 5 rings (SSSR count). The van der Waals surface area contributed by atoms with Gasteiger partial charge in [0.1, 0.15) is 0 Å². The number of piperidine rings is 2. The lowest BCUT2D eigenvalue weighted by Crippen LogP contribution is -2.49. The lowest BCUT2D eigenvalue weighted by atomic mass is 9.90. The molecule has 2 saturated heterocycles. The molecule has 37 heavy (non-hydrogen) atoms. The van der Waals surface area contributed by atoms with Gasteiger partial charge in [0.15, 0.2) is 0 Å². The van der Waals surface area contributed by atoms with Crippen molar-refractivity contribution in [3.63, 3.8) is 0 Å². The van der Waals surface area contributed by atoms with Crippen molar-refractivity contribution in [3.05, 3.63) is 102 Å². The quantitative estimate of drug-likeness (QED) is 0.436. The van der Waals surface area contributed by atoms with E-state index in [9.17, 15) is 4.79 Å². The van der Waals surface area contributed by atoms with Crippen LogP contribution >= 0.6 is 0 Å². The topological polar surface area (TPSA) is 52.8 Å². The average Bonchev–Trinajstić information content (AvgIpc) is 2.92. The number of hydrogen-bond acceptors (Lipinski definition) is 3. The van der Waals surface area contributed by atoms with Crippen molar-refractivity contribution < 1.29 is 4.79 Å². The van der Waals surface area contributed by atoms with Crippen LogP contribution in [0.1, 0.15) is 42.4 Å². The minimum atomic E-state index is -0.347. The number of carbonyl (C=O) groups excluding carboxylic acids is 1. The number of nitrogens with two attached hydrogens (primary N) is 1. The zero-order valence-electron chi connectivity index (χ0n) is 21.8. The van der Waals surface area contributed by atoms with E-state index in [1.807, 2.05) is 11.0 Å². The smallest absolute Gasteiger partial charge is 0.319 e. The number of carbonyl (C=O) groups is 1. The number of primary amides is 1. The molecule has 194 valence electrons. The molecule has 0 atom stereocenters. The molecule has 0 aliphatic carbocycles. The fraction of sp³-hybridized carbons (Fsp3) is 0.406. The second-order valence-electron chi connectivity index (χ2n) is 10.8. The van der Waals surface area contributed by atoms with E-state index in [4.69, 9.17) is 5.73 Å². The van der Waals surface area contributed by atoms with Gasteiger partial charge < -0.3 is 5.73 Å². The lowest BCUT2D eigenvalue weighted by Gasteiger charge is -2.38. The minimum absolute atomic E-state index is 0.147. The van der Waals surface area contributed by atoms with Crippen LogP contribution in [-0.2, 0) is 19.5 Å². The van der Waals surface area contributed by atoms with E-state index in [0.717, 1.165) is 63.7 Å². The predicted molar refractivity (Wildman–Crippen MR) is 151 cm³/mol. The first-order valence-corrected chi connectivity index (χ1v) is 13.8. The lowest BCUT2D eigenvalue weighted by molar-refractivity contribution is 0.177. The molecular formula is C32H40N4O. The number of anilines is 1. The molecule has 2 amide bonds. The summed E-state index contributed by atoms with van der Waals surface area (Å²) < 4.78 is 0. The van der Waals surface area contributed by atoms with E-state index >= 15 is 0 Å². The Labute approximate surface area is 221 Å². The number of urea groups is 1. The van der Waals surface area contributed by atoms with Gasteiger partial charge in [0.25, 0.3) is 0 Å². The van der Waals surface area contributed by atoms with Gasteiger partial charge in [-0.15, -0.1) is 0 Å². The van der Waals surface area contributed by atoms with E-state index < -0.39 is 0 Å². The Morgan fingerprint density at radius 1 is 0.703 bits per heavy atom. The van der Waals surface area contributed by atoms with Crippen LogP contribution < -0.4 is 10.6 Å². The maximum atomic E-state index is 12.6. The van der Waals surface area contributed by atoms with Crippen molar-refractivity contribution in [2.75, 3.05) is 31.1 Å². The highest BCUT2D eigenvalue weighted by molar-refractivity contribution is 5.91. The van der Waals surface area contributed by atoms with Crippen molar-refractivity contribution in [2.45, 2.75) is 51.2 Å². The van der Waals surface area contributed by atoms with Gasteiger partial charge in [0.2, 0.25) is 0 Å². The van der Waals surface area contributed by atoms with E-state index in [1.54, 1.807) is 0 Å². The minimum Gasteiger partial charge on any atom is -0.351 e. The summed E-state index contributed by atoms with van der Waals surface area (Å²) in [6.45, 7) is 6.08. The molecule has 2 aliphatic heterocycles. The number of nitrogens with zero attached hydrogens (tertiary/aromatic N) is 3. The number of likely N-dealkylation sites (tertiary alicyclic amines) is 2. The van der Waals surface area contributed by atoms with E-state index in [0.29, 0.717) is 0 Å². The summed E-state index contributed by atoms with van der Waals surface area (Å²) >= 11 is 0. The normalized spacial score (nSPS) is 18.1. The highest BCUT2D eigenvalue weighted by atomic mass is 16.2. The molecule has 0 aromatic heterocycles. The van der Waals surface area contributed by atoms with Gasteiger partial charge in [0.05, 0.1) is 0 Å². The van der Waals surface area contributed by atoms with Gasteiger partial charge in [-0.1, -0.05) is 72.8 Å². The summed E-state index contributed by atoms with van der Waals surface area (Å²) in [7, 11) is 0. The predicted octanol–water partition coefficient (Wildman–Crippen LogP) is 5.69. The Balaban J connectivity index is 1.15. The van der Waals surface area contributed by atoms with Crippen LogP contribution in [0.3, 0.4) is 0 Å². The third-order valence-corrected chi connectivity index (χ3v) is 8.08. The maximum absolute atomic E-state index is 12.6. The summed E-state index contributed by atoms with van der Waals surface area (Å²) in [4.78, 5) is 19.5. The van der Waals surface area contributed by atoms with Gasteiger partial charge in [-0.25, -0.2) is 4.79 Å². The van der Waals surface area contributed by atoms with Gasteiger partial charge >= 0.3 is 6.03 Å². The molecule has 3 aromatic rings. The van der Waals surface area contributed by atoms with Crippen molar-refractivity contribution in [1.29, 1.82) is 0 Å². The van der Waals surface area contributed by atoms with Crippen molar-refractivity contribution in [2.24, 2.45) is 11.7 Å². The Kier molecular flexibility index (Phi) is 8.54. The van der Waals surface area contributed by atoms with Crippen molar-refractivity contribution in [3.8, 4) is 0 Å². The van der Waals surface area contributed by atoms with Gasteiger partial charge in [-0.3, -0.25) is 14.7 Å². The molecule has 5 heteroatoms. The highest BCUT2D eigenvalue weighted by Gasteiger charge is 2.28. The fourth-order valence-corrected chi connectivity index (χ4v) is 6.05. The van der Waals surface area contributed by atoms with Crippen LogP contribution in [0.5, 0.6) is 0 Å². The summed E-state index contributed by atoms with van der Waals surface area (Å²) in [6, 6.07) is 29.7. The Bertz CT molecular complexity index is 1120. The van der Waals surface area contributed by atoms with Gasteiger partial charge in [0, 0.05) is 37.9 Å². The van der Waals surface area contributed by atoms with Gasteiger partial charge in [-0.2, -0.15) is 0 Å². The van der Waals surface area contributed by atoms with E-state index in [-0.39, 0.29) is 12.1 Å². The van der Waals surface area contributed by atoms with Crippen LogP contribution in [0.15, 0.2) is 84.9 Å². The third-order valence-electron chi connectivity index (χ3n) is 8.08. The first-order valence-electron chi connectivity index (χ1n) is 13.8. The molecule has 0 saturated carbocycles. The molecule has 0 bridgehead atoms. The SMILES string of the molecule is NC(=O)N(c1cccc(CN2CCC(Cc3ccccc3)CC2)c1)C1CCN(Cc2ccccc2)CC1. The van der Waals surface area contributed by atoms with E-state index in [1.165, 1.54) is 36.0 Å². The first kappa shape index (κ1) is 25.5. The average molecular weight is 497 g/mol. The van der Waals surface area contributed by atoms with Gasteiger partial charge in [-0.05, 0) is 79.9 Å². The summed E-state index contributed by atoms with van der Waals surface area (Å²) in [5, 5.41) is 0. The summed E-state index contributed by atoms with van der Waals surface area (Å²) in [6.07, 6.45) is 5.54. The maximum Gasteiger partial charge on any atom is 0.319 e. The zero-order valence-corrected chi connectivity index (χ0v) is 21.8. The van der Waals surface area contributed by atoms with E-state index in [2.05, 4.69) is 88.7 Å². The standard InChI is InChI=1S/C32H40N4O/c33-32(37)36(30-16-20-35(21-17-30)24-28-10-5-2-6-11-28)31-13-7-12-29(23-31)25-34-18-14-27(15-19-34)22-26-8-3-1-4-9-26/h1-13,23,27,30H,14-22,24-25H2,(H2,33,37). The summed E-state index contributed by atoms with van der Waals surface area (Å²) in [5.41, 5.74) is 10.9. The fourth-order valence-electron chi connectivity index (χ4n) is 6.05. The molecule has 2 aliphatic rings. The Morgan fingerprint density at radius 3 is 1.86 bits per heavy atom. The molecule has 2 N–H and O–H groups in total. The van der Waals surface area contributed by atoms with Crippen molar-refractivity contribution in [1.82, 2.24) is 9.80 Å². The Hall–Kier alpha value is -3.15. The van der Waals surface area contributed by atoms with Crippen LogP contribution in [0.2, 0.25) is 0 Å². The largest absolute Gasteiger partial charge is 0.351 e. The van der Waals surface area contributed by atoms with Crippen LogP contribution in [0, 0.1) is 5.92 Å².